The highest BCUT2D eigenvalue weighted by Gasteiger charge is 2.26. The van der Waals surface area contributed by atoms with E-state index in [2.05, 4.69) is 16.8 Å². The highest BCUT2D eigenvalue weighted by Crippen LogP contribution is 2.17. The first-order valence-corrected chi connectivity index (χ1v) is 5.92. The van der Waals surface area contributed by atoms with Gasteiger partial charge in [0.2, 0.25) is 5.91 Å². The van der Waals surface area contributed by atoms with Gasteiger partial charge in [0.25, 0.3) is 0 Å². The topological polar surface area (TPSA) is 52.6 Å². The maximum Gasteiger partial charge on any atom is 0.237 e. The molecule has 92 valence electrons. The van der Waals surface area contributed by atoms with Crippen LogP contribution < -0.4 is 5.32 Å². The maximum absolute atomic E-state index is 11.7. The molecule has 1 rings (SSSR count). The van der Waals surface area contributed by atoms with E-state index in [0.717, 1.165) is 25.9 Å². The lowest BCUT2D eigenvalue weighted by Gasteiger charge is -2.35. The van der Waals surface area contributed by atoms with E-state index in [1.807, 2.05) is 6.92 Å². The Bertz CT molecular complexity index is 243. The van der Waals surface area contributed by atoms with Crippen LogP contribution in [-0.2, 0) is 4.79 Å². The summed E-state index contributed by atoms with van der Waals surface area (Å²) in [6.45, 7) is 7.98. The molecule has 4 heteroatoms. The van der Waals surface area contributed by atoms with Crippen LogP contribution in [0.2, 0.25) is 0 Å². The molecule has 1 saturated heterocycles. The number of aliphatic hydroxyl groups excluding tert-OH is 1. The summed E-state index contributed by atoms with van der Waals surface area (Å²) in [5.41, 5.74) is 0. The van der Waals surface area contributed by atoms with Crippen molar-refractivity contribution in [3.8, 4) is 0 Å². The second kappa shape index (κ2) is 6.66. The van der Waals surface area contributed by atoms with Gasteiger partial charge in [-0.05, 0) is 32.2 Å². The highest BCUT2D eigenvalue weighted by molar-refractivity contribution is 5.81. The van der Waals surface area contributed by atoms with Crippen molar-refractivity contribution in [3.05, 3.63) is 12.7 Å². The van der Waals surface area contributed by atoms with E-state index in [0.29, 0.717) is 12.5 Å². The van der Waals surface area contributed by atoms with Gasteiger partial charge >= 0.3 is 0 Å². The molecule has 0 spiro atoms. The molecular weight excluding hydrogens is 204 g/mol. The molecule has 1 aliphatic rings. The molecule has 0 aromatic carbocycles. The fourth-order valence-electron chi connectivity index (χ4n) is 2.08. The fraction of sp³-hybridized carbons (Fsp3) is 0.750. The molecule has 0 aliphatic carbocycles. The van der Waals surface area contributed by atoms with Crippen LogP contribution in [0.15, 0.2) is 12.7 Å². The van der Waals surface area contributed by atoms with Crippen LogP contribution in [0.3, 0.4) is 0 Å². The number of carbonyl (C=O) groups is 1. The van der Waals surface area contributed by atoms with Crippen molar-refractivity contribution in [1.29, 1.82) is 0 Å². The minimum atomic E-state index is -0.116. The number of carbonyl (C=O) groups excluding carboxylic acids is 1. The minimum absolute atomic E-state index is 0.0403. The summed E-state index contributed by atoms with van der Waals surface area (Å²) in [6, 6.07) is -0.116. The van der Waals surface area contributed by atoms with Gasteiger partial charge in [0.1, 0.15) is 0 Å². The van der Waals surface area contributed by atoms with Crippen molar-refractivity contribution < 1.29 is 9.90 Å². The normalized spacial score (nSPS) is 23.8. The molecule has 2 atom stereocenters. The number of rotatable bonds is 5. The predicted octanol–water partition coefficient (Wildman–Crippen LogP) is 0.381. The number of nitrogens with zero attached hydrogens (tertiary/aromatic N) is 1. The van der Waals surface area contributed by atoms with Crippen molar-refractivity contribution >= 4 is 5.91 Å². The summed E-state index contributed by atoms with van der Waals surface area (Å²) < 4.78 is 0. The summed E-state index contributed by atoms with van der Waals surface area (Å²) in [5.74, 6) is 0.363. The van der Waals surface area contributed by atoms with Gasteiger partial charge in [0, 0.05) is 19.7 Å². The molecule has 2 N–H and O–H groups in total. The van der Waals surface area contributed by atoms with Crippen LogP contribution in [0.4, 0.5) is 0 Å². The van der Waals surface area contributed by atoms with Crippen LogP contribution in [0.25, 0.3) is 0 Å². The standard InChI is InChI=1S/C12H22N2O2/c1-3-6-13-12(16)10(2)14-7-4-5-11(8-14)9-15/h3,10-11,15H,1,4-9H2,2H3,(H,13,16). The van der Waals surface area contributed by atoms with Crippen molar-refractivity contribution in [1.82, 2.24) is 10.2 Å². The van der Waals surface area contributed by atoms with Crippen molar-refractivity contribution in [2.24, 2.45) is 5.92 Å². The Morgan fingerprint density at radius 2 is 2.50 bits per heavy atom. The van der Waals surface area contributed by atoms with Gasteiger partial charge in [-0.25, -0.2) is 0 Å². The van der Waals surface area contributed by atoms with Gasteiger partial charge in [0.05, 0.1) is 6.04 Å². The molecule has 2 unspecified atom stereocenters. The first-order chi connectivity index (χ1) is 7.69. The lowest BCUT2D eigenvalue weighted by atomic mass is 9.97. The fourth-order valence-corrected chi connectivity index (χ4v) is 2.08. The van der Waals surface area contributed by atoms with Gasteiger partial charge < -0.3 is 10.4 Å². The number of amides is 1. The summed E-state index contributed by atoms with van der Waals surface area (Å²) in [5, 5.41) is 11.9. The SMILES string of the molecule is C=CCNC(=O)C(C)N1CCCC(CO)C1. The van der Waals surface area contributed by atoms with E-state index in [1.165, 1.54) is 0 Å². The molecule has 0 aromatic heterocycles. The second-order valence-corrected chi connectivity index (χ2v) is 4.40. The van der Waals surface area contributed by atoms with Crippen molar-refractivity contribution in [2.45, 2.75) is 25.8 Å². The van der Waals surface area contributed by atoms with E-state index in [1.54, 1.807) is 6.08 Å². The maximum atomic E-state index is 11.7. The number of likely N-dealkylation sites (tertiary alicyclic amines) is 1. The van der Waals surface area contributed by atoms with Crippen molar-refractivity contribution in [2.75, 3.05) is 26.2 Å². The predicted molar refractivity (Wildman–Crippen MR) is 64.1 cm³/mol. The number of nitrogens with one attached hydrogen (secondary N) is 1. The van der Waals surface area contributed by atoms with E-state index < -0.39 is 0 Å². The third kappa shape index (κ3) is 3.61. The smallest absolute Gasteiger partial charge is 0.237 e. The summed E-state index contributed by atoms with van der Waals surface area (Å²) in [6.07, 6.45) is 3.80. The average molecular weight is 226 g/mol. The van der Waals surface area contributed by atoms with Crippen LogP contribution in [-0.4, -0.2) is 48.2 Å². The molecule has 1 amide bonds. The Labute approximate surface area is 97.3 Å². The molecule has 0 saturated carbocycles. The first-order valence-electron chi connectivity index (χ1n) is 5.92. The van der Waals surface area contributed by atoms with Crippen LogP contribution in [0.5, 0.6) is 0 Å². The molecule has 16 heavy (non-hydrogen) atoms. The number of hydrogen-bond acceptors (Lipinski definition) is 3. The molecule has 0 aromatic rings. The molecular formula is C12H22N2O2. The van der Waals surface area contributed by atoms with E-state index in [4.69, 9.17) is 5.11 Å². The van der Waals surface area contributed by atoms with Gasteiger partial charge in [-0.15, -0.1) is 6.58 Å². The molecule has 1 fully saturated rings. The Hall–Kier alpha value is -0.870. The Balaban J connectivity index is 2.42. The van der Waals surface area contributed by atoms with Gasteiger partial charge in [-0.1, -0.05) is 6.08 Å². The molecule has 1 aliphatic heterocycles. The second-order valence-electron chi connectivity index (χ2n) is 4.40. The molecule has 1 heterocycles. The van der Waals surface area contributed by atoms with Crippen LogP contribution in [0, 0.1) is 5.92 Å². The van der Waals surface area contributed by atoms with Gasteiger partial charge in [-0.2, -0.15) is 0 Å². The lowest BCUT2D eigenvalue weighted by molar-refractivity contribution is -0.126. The minimum Gasteiger partial charge on any atom is -0.396 e. The number of piperidine rings is 1. The van der Waals surface area contributed by atoms with E-state index >= 15 is 0 Å². The zero-order valence-electron chi connectivity index (χ0n) is 9.98. The molecule has 4 nitrogen and oxygen atoms in total. The lowest BCUT2D eigenvalue weighted by Crippen LogP contribution is -2.49. The first kappa shape index (κ1) is 13.2. The zero-order chi connectivity index (χ0) is 12.0. The zero-order valence-corrected chi connectivity index (χ0v) is 9.98. The van der Waals surface area contributed by atoms with Crippen LogP contribution >= 0.6 is 0 Å². The Kier molecular flexibility index (Phi) is 5.49. The summed E-state index contributed by atoms with van der Waals surface area (Å²) in [7, 11) is 0. The molecule has 0 bridgehead atoms. The quantitative estimate of drug-likeness (QED) is 0.666. The van der Waals surface area contributed by atoms with Gasteiger partial charge in [-0.3, -0.25) is 9.69 Å². The van der Waals surface area contributed by atoms with E-state index in [9.17, 15) is 4.79 Å². The van der Waals surface area contributed by atoms with E-state index in [-0.39, 0.29) is 18.6 Å². The largest absolute Gasteiger partial charge is 0.396 e. The summed E-state index contributed by atoms with van der Waals surface area (Å²) in [4.78, 5) is 13.9. The third-order valence-electron chi connectivity index (χ3n) is 3.16. The van der Waals surface area contributed by atoms with Crippen molar-refractivity contribution in [3.63, 3.8) is 0 Å². The third-order valence-corrected chi connectivity index (χ3v) is 3.16. The number of aliphatic hydroxyl groups is 1. The Morgan fingerprint density at radius 3 is 3.12 bits per heavy atom. The Morgan fingerprint density at radius 1 is 1.75 bits per heavy atom. The molecule has 0 radical (unpaired) electrons. The monoisotopic (exact) mass is 226 g/mol. The van der Waals surface area contributed by atoms with Crippen LogP contribution in [0.1, 0.15) is 19.8 Å². The highest BCUT2D eigenvalue weighted by atomic mass is 16.3. The average Bonchev–Trinajstić information content (AvgIpc) is 2.35. The number of hydrogen-bond donors (Lipinski definition) is 2. The van der Waals surface area contributed by atoms with Gasteiger partial charge in [0.15, 0.2) is 0 Å². The summed E-state index contributed by atoms with van der Waals surface area (Å²) >= 11 is 0.